The molecule has 0 aromatic heterocycles. The van der Waals surface area contributed by atoms with E-state index >= 15 is 0 Å². The second-order valence-electron chi connectivity index (χ2n) is 7.98. The van der Waals surface area contributed by atoms with Crippen molar-refractivity contribution in [3.63, 3.8) is 0 Å². The fraction of sp³-hybridized carbons (Fsp3) is 0.667. The van der Waals surface area contributed by atoms with Crippen molar-refractivity contribution >= 4 is 11.9 Å². The van der Waals surface area contributed by atoms with Crippen LogP contribution in [0.3, 0.4) is 0 Å². The summed E-state index contributed by atoms with van der Waals surface area (Å²) >= 11 is 0. The van der Waals surface area contributed by atoms with E-state index in [1.54, 1.807) is 0 Å². The van der Waals surface area contributed by atoms with E-state index in [4.69, 9.17) is 9.47 Å². The maximum absolute atomic E-state index is 12.7. The normalized spacial score (nSPS) is 14.1. The Kier molecular flexibility index (Phi) is 12.3. The van der Waals surface area contributed by atoms with Crippen LogP contribution in [0.1, 0.15) is 84.1 Å². The van der Waals surface area contributed by atoms with E-state index in [0.717, 1.165) is 44.1 Å². The van der Waals surface area contributed by atoms with Crippen LogP contribution < -0.4 is 0 Å². The second-order valence-corrected chi connectivity index (χ2v) is 7.98. The Morgan fingerprint density at radius 3 is 1.93 bits per heavy atom. The van der Waals surface area contributed by atoms with E-state index in [1.165, 1.54) is 0 Å². The Bertz CT molecular complexity index is 555. The highest BCUT2D eigenvalue weighted by atomic mass is 16.5. The molecule has 0 bridgehead atoms. The van der Waals surface area contributed by atoms with Gasteiger partial charge in [-0.2, -0.15) is 0 Å². The summed E-state index contributed by atoms with van der Waals surface area (Å²) in [6, 6.07) is 9.37. The van der Waals surface area contributed by atoms with Crippen molar-refractivity contribution in [2.45, 2.75) is 78.6 Å². The molecule has 4 nitrogen and oxygen atoms in total. The third-order valence-electron chi connectivity index (χ3n) is 5.00. The molecule has 3 atom stereocenters. The van der Waals surface area contributed by atoms with Crippen LogP contribution in [0.5, 0.6) is 0 Å². The highest BCUT2D eigenvalue weighted by Gasteiger charge is 2.26. The number of benzene rings is 1. The maximum Gasteiger partial charge on any atom is 0.314 e. The van der Waals surface area contributed by atoms with Crippen molar-refractivity contribution in [1.82, 2.24) is 0 Å². The van der Waals surface area contributed by atoms with Crippen LogP contribution >= 0.6 is 0 Å². The molecule has 0 N–H and O–H groups in total. The Morgan fingerprint density at radius 2 is 1.39 bits per heavy atom. The summed E-state index contributed by atoms with van der Waals surface area (Å²) < 4.78 is 11.0. The standard InChI is InChI=1S/C24H38O4/c1-5-7-12-19(3)17-27-23(25)16-22(21-14-10-9-11-15-21)24(26)28-18-20(4)13-8-6-2/h9-11,14-15,19-20,22H,5-8,12-13,16-18H2,1-4H3. The summed E-state index contributed by atoms with van der Waals surface area (Å²) in [6.45, 7) is 9.28. The minimum absolute atomic E-state index is 0.0205. The molecule has 0 fully saturated rings. The minimum Gasteiger partial charge on any atom is -0.465 e. The van der Waals surface area contributed by atoms with Crippen molar-refractivity contribution in [3.8, 4) is 0 Å². The summed E-state index contributed by atoms with van der Waals surface area (Å²) in [5.41, 5.74) is 0.796. The average molecular weight is 391 g/mol. The predicted molar refractivity (Wildman–Crippen MR) is 113 cm³/mol. The number of ether oxygens (including phenoxy) is 2. The number of hydrogen-bond donors (Lipinski definition) is 0. The topological polar surface area (TPSA) is 52.6 Å². The quantitative estimate of drug-likeness (QED) is 0.371. The van der Waals surface area contributed by atoms with Gasteiger partial charge < -0.3 is 9.47 Å². The van der Waals surface area contributed by atoms with Crippen molar-refractivity contribution < 1.29 is 19.1 Å². The van der Waals surface area contributed by atoms with Crippen molar-refractivity contribution in [3.05, 3.63) is 35.9 Å². The molecule has 1 aromatic rings. The lowest BCUT2D eigenvalue weighted by Gasteiger charge is -2.19. The van der Waals surface area contributed by atoms with Gasteiger partial charge in [0.15, 0.2) is 0 Å². The molecule has 1 aromatic carbocycles. The van der Waals surface area contributed by atoms with Gasteiger partial charge in [0.1, 0.15) is 0 Å². The number of unbranched alkanes of at least 4 members (excludes halogenated alkanes) is 2. The molecule has 0 heterocycles. The minimum atomic E-state index is -0.613. The van der Waals surface area contributed by atoms with Gasteiger partial charge in [-0.1, -0.05) is 83.7 Å². The number of carbonyl (C=O) groups excluding carboxylic acids is 2. The van der Waals surface area contributed by atoms with Gasteiger partial charge in [-0.3, -0.25) is 9.59 Å². The van der Waals surface area contributed by atoms with Gasteiger partial charge in [-0.15, -0.1) is 0 Å². The second kappa shape index (κ2) is 14.2. The van der Waals surface area contributed by atoms with Crippen molar-refractivity contribution in [1.29, 1.82) is 0 Å². The molecule has 0 aliphatic rings. The molecule has 4 heteroatoms. The van der Waals surface area contributed by atoms with Crippen LogP contribution in [-0.4, -0.2) is 25.2 Å². The molecule has 0 saturated heterocycles. The molecular weight excluding hydrogens is 352 g/mol. The lowest BCUT2D eigenvalue weighted by atomic mass is 9.95. The zero-order valence-electron chi connectivity index (χ0n) is 18.1. The largest absolute Gasteiger partial charge is 0.465 e. The van der Waals surface area contributed by atoms with Crippen LogP contribution in [0.4, 0.5) is 0 Å². The molecule has 0 amide bonds. The lowest BCUT2D eigenvalue weighted by Crippen LogP contribution is -2.23. The van der Waals surface area contributed by atoms with Crippen LogP contribution in [0.25, 0.3) is 0 Å². The molecule has 1 rings (SSSR count). The number of rotatable bonds is 14. The lowest BCUT2D eigenvalue weighted by molar-refractivity contribution is -0.153. The van der Waals surface area contributed by atoms with E-state index in [0.29, 0.717) is 25.0 Å². The van der Waals surface area contributed by atoms with Gasteiger partial charge >= 0.3 is 11.9 Å². The summed E-state index contributed by atoms with van der Waals surface area (Å²) in [7, 11) is 0. The molecule has 0 saturated carbocycles. The Morgan fingerprint density at radius 1 is 0.857 bits per heavy atom. The molecule has 3 unspecified atom stereocenters. The summed E-state index contributed by atoms with van der Waals surface area (Å²) in [5, 5.41) is 0. The highest BCUT2D eigenvalue weighted by molar-refractivity contribution is 5.84. The smallest absolute Gasteiger partial charge is 0.314 e. The van der Waals surface area contributed by atoms with Gasteiger partial charge in [0.25, 0.3) is 0 Å². The summed E-state index contributed by atoms with van der Waals surface area (Å²) in [6.07, 6.45) is 6.63. The Labute approximate surface area is 171 Å². The SMILES string of the molecule is CCCCC(C)COC(=O)CC(C(=O)OCC(C)CCCC)c1ccccc1. The number of carbonyl (C=O) groups is 2. The first kappa shape index (κ1) is 24.2. The van der Waals surface area contributed by atoms with E-state index in [1.807, 2.05) is 30.3 Å². The molecule has 28 heavy (non-hydrogen) atoms. The van der Waals surface area contributed by atoms with Crippen LogP contribution in [0.15, 0.2) is 30.3 Å². The molecule has 0 spiro atoms. The van der Waals surface area contributed by atoms with Crippen LogP contribution in [0, 0.1) is 11.8 Å². The maximum atomic E-state index is 12.7. The summed E-state index contributed by atoms with van der Waals surface area (Å²) in [4.78, 5) is 25.1. The third kappa shape index (κ3) is 9.91. The zero-order chi connectivity index (χ0) is 20.8. The van der Waals surface area contributed by atoms with Crippen molar-refractivity contribution in [2.24, 2.45) is 11.8 Å². The van der Waals surface area contributed by atoms with Gasteiger partial charge in [0, 0.05) is 0 Å². The first-order valence-corrected chi connectivity index (χ1v) is 10.8. The first-order chi connectivity index (χ1) is 13.5. The van der Waals surface area contributed by atoms with Gasteiger partial charge in [-0.25, -0.2) is 0 Å². The Hall–Kier alpha value is -1.84. The molecular formula is C24H38O4. The van der Waals surface area contributed by atoms with E-state index in [-0.39, 0.29) is 18.4 Å². The van der Waals surface area contributed by atoms with Gasteiger partial charge in [0.2, 0.25) is 0 Å². The van der Waals surface area contributed by atoms with Crippen LogP contribution in [-0.2, 0) is 19.1 Å². The van der Waals surface area contributed by atoms with Gasteiger partial charge in [0.05, 0.1) is 25.6 Å². The molecule has 0 aliphatic heterocycles. The Balaban J connectivity index is 2.62. The highest BCUT2D eigenvalue weighted by Crippen LogP contribution is 2.23. The average Bonchev–Trinajstić information content (AvgIpc) is 2.71. The third-order valence-corrected chi connectivity index (χ3v) is 5.00. The van der Waals surface area contributed by atoms with Crippen LogP contribution in [0.2, 0.25) is 0 Å². The number of esters is 2. The zero-order valence-corrected chi connectivity index (χ0v) is 18.1. The van der Waals surface area contributed by atoms with E-state index in [2.05, 4.69) is 27.7 Å². The van der Waals surface area contributed by atoms with Crippen molar-refractivity contribution in [2.75, 3.05) is 13.2 Å². The van der Waals surface area contributed by atoms with E-state index < -0.39 is 5.92 Å². The molecule has 0 aliphatic carbocycles. The molecule has 158 valence electrons. The van der Waals surface area contributed by atoms with Gasteiger partial charge in [-0.05, 0) is 30.2 Å². The monoisotopic (exact) mass is 390 g/mol. The fourth-order valence-electron chi connectivity index (χ4n) is 3.08. The number of hydrogen-bond acceptors (Lipinski definition) is 4. The summed E-state index contributed by atoms with van der Waals surface area (Å²) in [5.74, 6) is -0.631. The fourth-order valence-corrected chi connectivity index (χ4v) is 3.08. The molecule has 0 radical (unpaired) electrons. The first-order valence-electron chi connectivity index (χ1n) is 10.8. The van der Waals surface area contributed by atoms with E-state index in [9.17, 15) is 9.59 Å². The predicted octanol–water partition coefficient (Wildman–Crippen LogP) is 5.90.